The molecule has 0 aromatic heterocycles. The van der Waals surface area contributed by atoms with Crippen LogP contribution in [0.5, 0.6) is 5.75 Å². The Morgan fingerprint density at radius 1 is 1.13 bits per heavy atom. The van der Waals surface area contributed by atoms with Gasteiger partial charge < -0.3 is 20.1 Å². The molecule has 30 heavy (non-hydrogen) atoms. The summed E-state index contributed by atoms with van der Waals surface area (Å²) in [6.45, 7) is 3.36. The molecule has 2 aromatic carbocycles. The summed E-state index contributed by atoms with van der Waals surface area (Å²) in [5.74, 6) is -1.44. The molecule has 0 saturated carbocycles. The number of ether oxygens (including phenoxy) is 1. The second kappa shape index (κ2) is 10.3. The number of methoxy groups -OCH3 is 1. The Balaban J connectivity index is 1.52. The molecule has 1 saturated heterocycles. The van der Waals surface area contributed by atoms with E-state index in [4.69, 9.17) is 16.3 Å². The molecule has 1 heterocycles. The molecule has 1 amide bonds. The van der Waals surface area contributed by atoms with Crippen LogP contribution in [-0.2, 0) is 9.59 Å². The number of carbonyl (C=O) groups is 2. The highest BCUT2D eigenvalue weighted by molar-refractivity contribution is 6.30. The number of halogens is 1. The molecular formula is C22H26ClN3O4. The minimum Gasteiger partial charge on any atom is -0.497 e. The lowest BCUT2D eigenvalue weighted by atomic mass is 10.0. The van der Waals surface area contributed by atoms with Gasteiger partial charge in [-0.2, -0.15) is 0 Å². The quantitative estimate of drug-likeness (QED) is 0.668. The minimum absolute atomic E-state index is 0.0823. The fourth-order valence-electron chi connectivity index (χ4n) is 3.54. The lowest BCUT2D eigenvalue weighted by Gasteiger charge is -2.37. The molecule has 0 bridgehead atoms. The third kappa shape index (κ3) is 6.11. The molecular weight excluding hydrogens is 406 g/mol. The van der Waals surface area contributed by atoms with Gasteiger partial charge in [-0.25, -0.2) is 0 Å². The van der Waals surface area contributed by atoms with Gasteiger partial charge in [0.15, 0.2) is 0 Å². The Morgan fingerprint density at radius 3 is 2.53 bits per heavy atom. The molecule has 1 aliphatic rings. The van der Waals surface area contributed by atoms with E-state index in [1.165, 1.54) is 0 Å². The zero-order valence-electron chi connectivity index (χ0n) is 16.9. The lowest BCUT2D eigenvalue weighted by molar-refractivity contribution is -0.144. The van der Waals surface area contributed by atoms with E-state index >= 15 is 0 Å². The number of piperazine rings is 1. The van der Waals surface area contributed by atoms with Gasteiger partial charge in [0.1, 0.15) is 5.75 Å². The van der Waals surface area contributed by atoms with Crippen molar-refractivity contribution in [1.29, 1.82) is 0 Å². The van der Waals surface area contributed by atoms with Gasteiger partial charge >= 0.3 is 5.97 Å². The summed E-state index contributed by atoms with van der Waals surface area (Å²) in [5.41, 5.74) is 1.65. The molecule has 7 nitrogen and oxygen atoms in total. The Bertz CT molecular complexity index is 884. The smallest absolute Gasteiger partial charge is 0.308 e. The van der Waals surface area contributed by atoms with Crippen molar-refractivity contribution in [2.24, 2.45) is 5.92 Å². The van der Waals surface area contributed by atoms with E-state index in [2.05, 4.69) is 15.1 Å². The highest BCUT2D eigenvalue weighted by Crippen LogP contribution is 2.22. The van der Waals surface area contributed by atoms with Crippen molar-refractivity contribution in [1.82, 2.24) is 4.90 Å². The van der Waals surface area contributed by atoms with Crippen molar-refractivity contribution < 1.29 is 19.4 Å². The van der Waals surface area contributed by atoms with Gasteiger partial charge in [0, 0.05) is 61.6 Å². The third-order valence-electron chi connectivity index (χ3n) is 5.16. The van der Waals surface area contributed by atoms with Crippen molar-refractivity contribution in [3.05, 3.63) is 53.6 Å². The van der Waals surface area contributed by atoms with Crippen LogP contribution in [0.1, 0.15) is 6.42 Å². The number of carboxylic acids is 1. The van der Waals surface area contributed by atoms with Crippen LogP contribution in [0.15, 0.2) is 48.5 Å². The van der Waals surface area contributed by atoms with Gasteiger partial charge in [0.05, 0.1) is 13.0 Å². The molecule has 1 atom stereocenters. The Morgan fingerprint density at radius 2 is 1.87 bits per heavy atom. The van der Waals surface area contributed by atoms with E-state index in [1.54, 1.807) is 31.4 Å². The molecule has 1 aliphatic heterocycles. The maximum Gasteiger partial charge on any atom is 0.308 e. The fraction of sp³-hybridized carbons (Fsp3) is 0.364. The number of carboxylic acid groups (broad SMARTS) is 1. The average Bonchev–Trinajstić information content (AvgIpc) is 2.74. The number of nitrogens with zero attached hydrogens (tertiary/aromatic N) is 2. The van der Waals surface area contributed by atoms with Gasteiger partial charge in [-0.3, -0.25) is 14.5 Å². The van der Waals surface area contributed by atoms with Crippen LogP contribution in [0, 0.1) is 5.92 Å². The minimum atomic E-state index is -0.965. The zero-order chi connectivity index (χ0) is 21.5. The molecule has 8 heteroatoms. The predicted molar refractivity (Wildman–Crippen MR) is 117 cm³/mol. The number of amides is 1. The summed E-state index contributed by atoms with van der Waals surface area (Å²) < 4.78 is 5.14. The first-order valence-electron chi connectivity index (χ1n) is 9.84. The Kier molecular flexibility index (Phi) is 7.54. The first kappa shape index (κ1) is 21.9. The topological polar surface area (TPSA) is 82.1 Å². The van der Waals surface area contributed by atoms with E-state index in [0.29, 0.717) is 23.0 Å². The van der Waals surface area contributed by atoms with Crippen LogP contribution in [0.3, 0.4) is 0 Å². The normalized spacial score (nSPS) is 15.5. The lowest BCUT2D eigenvalue weighted by Crippen LogP contribution is -2.48. The molecule has 2 aromatic rings. The van der Waals surface area contributed by atoms with E-state index in [1.807, 2.05) is 24.3 Å². The van der Waals surface area contributed by atoms with Crippen LogP contribution in [0.25, 0.3) is 0 Å². The van der Waals surface area contributed by atoms with Crippen LogP contribution in [0.4, 0.5) is 11.4 Å². The molecule has 160 valence electrons. The predicted octanol–water partition coefficient (Wildman–Crippen LogP) is 3.20. The molecule has 0 unspecified atom stereocenters. The number of anilines is 2. The summed E-state index contributed by atoms with van der Waals surface area (Å²) in [6.07, 6.45) is -0.0823. The largest absolute Gasteiger partial charge is 0.497 e. The third-order valence-corrected chi connectivity index (χ3v) is 5.39. The second-order valence-electron chi connectivity index (χ2n) is 7.29. The Hall–Kier alpha value is -2.77. The van der Waals surface area contributed by atoms with Crippen molar-refractivity contribution in [2.75, 3.05) is 50.1 Å². The van der Waals surface area contributed by atoms with Crippen LogP contribution in [0.2, 0.25) is 5.02 Å². The molecule has 0 spiro atoms. The van der Waals surface area contributed by atoms with Gasteiger partial charge in [0.25, 0.3) is 0 Å². The van der Waals surface area contributed by atoms with Gasteiger partial charge in [-0.15, -0.1) is 0 Å². The average molecular weight is 432 g/mol. The number of hydrogen-bond acceptors (Lipinski definition) is 5. The summed E-state index contributed by atoms with van der Waals surface area (Å²) in [7, 11) is 1.55. The van der Waals surface area contributed by atoms with E-state index in [0.717, 1.165) is 31.9 Å². The first-order chi connectivity index (χ1) is 14.4. The zero-order valence-corrected chi connectivity index (χ0v) is 17.6. The van der Waals surface area contributed by atoms with E-state index in [9.17, 15) is 14.7 Å². The van der Waals surface area contributed by atoms with Crippen LogP contribution in [-0.4, -0.2) is 61.7 Å². The molecule has 2 N–H and O–H groups in total. The van der Waals surface area contributed by atoms with Crippen molar-refractivity contribution in [3.8, 4) is 5.75 Å². The van der Waals surface area contributed by atoms with E-state index in [-0.39, 0.29) is 12.3 Å². The Labute approximate surface area is 181 Å². The highest BCUT2D eigenvalue weighted by Gasteiger charge is 2.26. The molecule has 3 rings (SSSR count). The number of rotatable bonds is 8. The summed E-state index contributed by atoms with van der Waals surface area (Å²) in [5, 5.41) is 13.1. The maximum atomic E-state index is 12.4. The monoisotopic (exact) mass is 431 g/mol. The van der Waals surface area contributed by atoms with Crippen LogP contribution < -0.4 is 15.0 Å². The molecule has 0 aliphatic carbocycles. The summed E-state index contributed by atoms with van der Waals surface area (Å²) >= 11 is 6.07. The first-order valence-corrected chi connectivity index (χ1v) is 10.2. The van der Waals surface area contributed by atoms with Gasteiger partial charge in [-0.05, 0) is 30.3 Å². The SMILES string of the molecule is COc1cccc(NC(=O)C[C@H](CN2CCN(c3cccc(Cl)c3)CC2)C(=O)O)c1. The highest BCUT2D eigenvalue weighted by atomic mass is 35.5. The van der Waals surface area contributed by atoms with Gasteiger partial charge in [-0.1, -0.05) is 23.7 Å². The number of carbonyl (C=O) groups excluding carboxylic acids is 1. The number of benzene rings is 2. The fourth-order valence-corrected chi connectivity index (χ4v) is 3.72. The number of hydrogen-bond donors (Lipinski definition) is 2. The second-order valence-corrected chi connectivity index (χ2v) is 7.72. The summed E-state index contributed by atoms with van der Waals surface area (Å²) in [6, 6.07) is 14.7. The van der Waals surface area contributed by atoms with Crippen molar-refractivity contribution >= 4 is 34.9 Å². The van der Waals surface area contributed by atoms with Crippen LogP contribution >= 0.6 is 11.6 Å². The van der Waals surface area contributed by atoms with E-state index < -0.39 is 11.9 Å². The number of nitrogens with one attached hydrogen (secondary N) is 1. The standard InChI is InChI=1S/C22H26ClN3O4/c1-30-20-7-3-5-18(14-20)24-21(27)12-16(22(28)29)15-25-8-10-26(11-9-25)19-6-2-4-17(23)13-19/h2-7,13-14,16H,8-12,15H2,1H3,(H,24,27)(H,28,29)/t16-/m1/s1. The molecule has 0 radical (unpaired) electrons. The molecule has 1 fully saturated rings. The number of aliphatic carboxylic acids is 1. The van der Waals surface area contributed by atoms with Crippen molar-refractivity contribution in [3.63, 3.8) is 0 Å². The van der Waals surface area contributed by atoms with Crippen molar-refractivity contribution in [2.45, 2.75) is 6.42 Å². The van der Waals surface area contributed by atoms with Gasteiger partial charge in [0.2, 0.25) is 5.91 Å². The maximum absolute atomic E-state index is 12.4. The summed E-state index contributed by atoms with van der Waals surface area (Å²) in [4.78, 5) is 28.4.